The van der Waals surface area contributed by atoms with Crippen LogP contribution in [0.3, 0.4) is 0 Å². The Hall–Kier alpha value is -6.49. The third kappa shape index (κ3) is 4.63. The molecule has 3 aromatic heterocycles. The molecule has 0 atom stereocenters. The van der Waals surface area contributed by atoms with Gasteiger partial charge < -0.3 is 0 Å². The van der Waals surface area contributed by atoms with E-state index in [-0.39, 0.29) is 5.41 Å². The molecule has 0 saturated heterocycles. The summed E-state index contributed by atoms with van der Waals surface area (Å²) in [6, 6.07) is 58.5. The number of fused-ring (bicyclic) bond motifs is 9. The minimum Gasteiger partial charge on any atom is -0.246 e. The Labute approximate surface area is 317 Å². The molecule has 4 heteroatoms. The molecule has 0 unspecified atom stereocenters. The number of benzene rings is 7. The Balaban J connectivity index is 1.13. The first kappa shape index (κ1) is 31.1. The summed E-state index contributed by atoms with van der Waals surface area (Å²) in [7, 11) is 0. The normalized spacial score (nSPS) is 13.1. The molecule has 0 N–H and O–H groups in total. The molecule has 254 valence electrons. The Morgan fingerprint density at radius 1 is 0.444 bits per heavy atom. The van der Waals surface area contributed by atoms with Gasteiger partial charge in [-0.3, -0.25) is 0 Å². The maximum atomic E-state index is 5.37. The van der Waals surface area contributed by atoms with Crippen LogP contribution in [0.15, 0.2) is 164 Å². The summed E-state index contributed by atoms with van der Waals surface area (Å²) in [4.78, 5) is 16.0. The Morgan fingerprint density at radius 2 is 1.07 bits per heavy atom. The molecule has 54 heavy (non-hydrogen) atoms. The van der Waals surface area contributed by atoms with Gasteiger partial charge in [0, 0.05) is 48.5 Å². The number of hydrogen-bond acceptors (Lipinski definition) is 4. The maximum absolute atomic E-state index is 5.37. The van der Waals surface area contributed by atoms with Crippen LogP contribution in [0.5, 0.6) is 0 Å². The fourth-order valence-corrected chi connectivity index (χ4v) is 9.88. The fourth-order valence-electron chi connectivity index (χ4n) is 8.66. The smallest absolute Gasteiger partial charge is 0.160 e. The number of para-hydroxylation sites is 1. The van der Waals surface area contributed by atoms with Crippen molar-refractivity contribution in [3.8, 4) is 56.3 Å². The summed E-state index contributed by atoms with van der Waals surface area (Å²) in [5.41, 5.74) is 13.2. The van der Waals surface area contributed by atoms with Gasteiger partial charge in [-0.25, -0.2) is 15.0 Å². The number of hydrogen-bond donors (Lipinski definition) is 0. The molecular weight excluding hydrogens is 675 g/mol. The largest absolute Gasteiger partial charge is 0.246 e. The first-order valence-corrected chi connectivity index (χ1v) is 19.3. The van der Waals surface area contributed by atoms with Gasteiger partial charge in [0.1, 0.15) is 0 Å². The zero-order valence-corrected chi connectivity index (χ0v) is 30.7. The third-order valence-corrected chi connectivity index (χ3v) is 12.5. The van der Waals surface area contributed by atoms with Gasteiger partial charge in [0.05, 0.1) is 27.3 Å². The molecule has 0 aliphatic heterocycles. The van der Waals surface area contributed by atoms with Crippen molar-refractivity contribution in [3.05, 3.63) is 175 Å². The highest BCUT2D eigenvalue weighted by Gasteiger charge is 2.35. The van der Waals surface area contributed by atoms with Gasteiger partial charge in [-0.2, -0.15) is 0 Å². The lowest BCUT2D eigenvalue weighted by molar-refractivity contribution is 0.660. The van der Waals surface area contributed by atoms with Gasteiger partial charge in [-0.1, -0.05) is 153 Å². The van der Waals surface area contributed by atoms with Crippen LogP contribution in [-0.2, 0) is 5.41 Å². The van der Waals surface area contributed by atoms with Crippen molar-refractivity contribution >= 4 is 53.2 Å². The lowest BCUT2D eigenvalue weighted by atomic mass is 9.82. The quantitative estimate of drug-likeness (QED) is 0.183. The molecule has 0 amide bonds. The van der Waals surface area contributed by atoms with Crippen molar-refractivity contribution < 1.29 is 0 Å². The lowest BCUT2D eigenvalue weighted by Crippen LogP contribution is -2.15. The molecule has 0 spiro atoms. The first-order chi connectivity index (χ1) is 26.5. The minimum absolute atomic E-state index is 0.121. The predicted molar refractivity (Wildman–Crippen MR) is 227 cm³/mol. The van der Waals surface area contributed by atoms with Crippen LogP contribution in [-0.4, -0.2) is 15.0 Å². The second kappa shape index (κ2) is 11.8. The molecule has 3 heterocycles. The van der Waals surface area contributed by atoms with E-state index < -0.39 is 0 Å². The van der Waals surface area contributed by atoms with Gasteiger partial charge in [0.25, 0.3) is 0 Å². The zero-order valence-electron chi connectivity index (χ0n) is 29.8. The number of rotatable bonds is 4. The van der Waals surface area contributed by atoms with Crippen molar-refractivity contribution in [2.24, 2.45) is 0 Å². The zero-order chi connectivity index (χ0) is 36.0. The molecular formula is C50H33N3S. The van der Waals surface area contributed by atoms with E-state index in [2.05, 4.69) is 172 Å². The molecule has 10 aromatic rings. The van der Waals surface area contributed by atoms with Crippen LogP contribution in [0, 0.1) is 0 Å². The Kier molecular flexibility index (Phi) is 6.77. The van der Waals surface area contributed by atoms with Crippen LogP contribution >= 0.6 is 11.3 Å². The molecule has 0 saturated carbocycles. The molecule has 11 rings (SSSR count). The van der Waals surface area contributed by atoms with Gasteiger partial charge in [0.15, 0.2) is 5.82 Å². The van der Waals surface area contributed by atoms with E-state index in [0.717, 1.165) is 61.4 Å². The highest BCUT2D eigenvalue weighted by atomic mass is 32.1. The average Bonchev–Trinajstić information content (AvgIpc) is 3.73. The van der Waals surface area contributed by atoms with E-state index in [4.69, 9.17) is 15.0 Å². The average molecular weight is 708 g/mol. The molecule has 7 aromatic carbocycles. The van der Waals surface area contributed by atoms with E-state index in [0.29, 0.717) is 0 Å². The topological polar surface area (TPSA) is 38.7 Å². The molecule has 0 bridgehead atoms. The van der Waals surface area contributed by atoms with E-state index >= 15 is 0 Å². The molecule has 1 aliphatic carbocycles. The van der Waals surface area contributed by atoms with Crippen molar-refractivity contribution in [3.63, 3.8) is 0 Å². The van der Waals surface area contributed by atoms with Gasteiger partial charge in [-0.05, 0) is 57.3 Å². The van der Waals surface area contributed by atoms with Crippen LogP contribution in [0.1, 0.15) is 25.0 Å². The summed E-state index contributed by atoms with van der Waals surface area (Å²) >= 11 is 1.83. The minimum atomic E-state index is -0.121. The predicted octanol–water partition coefficient (Wildman–Crippen LogP) is 13.5. The van der Waals surface area contributed by atoms with E-state index in [9.17, 15) is 0 Å². The number of nitrogens with zero attached hydrogens (tertiary/aromatic N) is 3. The summed E-state index contributed by atoms with van der Waals surface area (Å²) in [6.07, 6.45) is 0. The third-order valence-electron chi connectivity index (χ3n) is 11.3. The van der Waals surface area contributed by atoms with E-state index in [1.807, 2.05) is 17.4 Å². The summed E-state index contributed by atoms with van der Waals surface area (Å²) in [5.74, 6) is 0.720. The number of aromatic nitrogens is 3. The fraction of sp³-hybridized carbons (Fsp3) is 0.0600. The SMILES string of the molecule is CC1(C)c2ccccc2-c2ccc(-c3nc(-c4ccccc4)cc(-c4ccc(-c5nc6ccccc6c6c5sc5ccccc56)c5ccccc45)n3)cc21. The summed E-state index contributed by atoms with van der Waals surface area (Å²) in [6.45, 7) is 4.64. The molecule has 1 aliphatic rings. The Bertz CT molecular complexity index is 3140. The summed E-state index contributed by atoms with van der Waals surface area (Å²) < 4.78 is 2.48. The highest BCUT2D eigenvalue weighted by molar-refractivity contribution is 7.26. The van der Waals surface area contributed by atoms with Crippen molar-refractivity contribution in [1.82, 2.24) is 15.0 Å². The highest BCUT2D eigenvalue weighted by Crippen LogP contribution is 2.50. The van der Waals surface area contributed by atoms with Crippen LogP contribution in [0.2, 0.25) is 0 Å². The number of thiophene rings is 1. The van der Waals surface area contributed by atoms with Crippen LogP contribution in [0.4, 0.5) is 0 Å². The van der Waals surface area contributed by atoms with E-state index in [1.165, 1.54) is 47.8 Å². The number of pyridine rings is 1. The molecule has 0 radical (unpaired) electrons. The lowest BCUT2D eigenvalue weighted by Gasteiger charge is -2.22. The second-order valence-electron chi connectivity index (χ2n) is 14.7. The molecule has 3 nitrogen and oxygen atoms in total. The van der Waals surface area contributed by atoms with Crippen molar-refractivity contribution in [2.75, 3.05) is 0 Å². The van der Waals surface area contributed by atoms with Crippen molar-refractivity contribution in [2.45, 2.75) is 19.3 Å². The van der Waals surface area contributed by atoms with Gasteiger partial charge in [0.2, 0.25) is 0 Å². The van der Waals surface area contributed by atoms with Crippen LogP contribution < -0.4 is 0 Å². The monoisotopic (exact) mass is 707 g/mol. The Morgan fingerprint density at radius 3 is 1.93 bits per heavy atom. The van der Waals surface area contributed by atoms with Crippen molar-refractivity contribution in [1.29, 1.82) is 0 Å². The van der Waals surface area contributed by atoms with Gasteiger partial charge >= 0.3 is 0 Å². The second-order valence-corrected chi connectivity index (χ2v) is 15.8. The maximum Gasteiger partial charge on any atom is 0.160 e. The van der Waals surface area contributed by atoms with Crippen LogP contribution in [0.25, 0.3) is 98.1 Å². The van der Waals surface area contributed by atoms with E-state index in [1.54, 1.807) is 0 Å². The standard InChI is InChI=1S/C50H33N3S/c1-50(2)40-21-11-8-18-34(40)35-25-24-31(28-41(35)50)49-52-43(30-14-4-3-5-15-30)29-44(53-49)36-26-27-37(33-17-7-6-16-32(33)36)47-48-46(38-19-9-12-22-42(38)51-47)39-20-10-13-23-45(39)54-48/h3-29H,1-2H3. The van der Waals surface area contributed by atoms with Gasteiger partial charge in [-0.15, -0.1) is 11.3 Å². The first-order valence-electron chi connectivity index (χ1n) is 18.4. The summed E-state index contributed by atoms with van der Waals surface area (Å²) in [5, 5.41) is 6.02. The molecule has 0 fully saturated rings.